The molecule has 186 valence electrons. The summed E-state index contributed by atoms with van der Waals surface area (Å²) in [6.07, 6.45) is 1.04. The van der Waals surface area contributed by atoms with Gasteiger partial charge in [-0.1, -0.05) is 12.1 Å². The zero-order chi connectivity index (χ0) is 25.0. The second kappa shape index (κ2) is 8.45. The summed E-state index contributed by atoms with van der Waals surface area (Å²) in [5.41, 5.74) is 0.735. The highest BCUT2D eigenvalue weighted by Gasteiger charge is 2.37. The number of nitrogens with one attached hydrogen (secondary N) is 2. The Kier molecular flexibility index (Phi) is 5.34. The molecule has 0 saturated heterocycles. The van der Waals surface area contributed by atoms with E-state index in [9.17, 15) is 18.7 Å². The molecule has 1 aliphatic heterocycles. The van der Waals surface area contributed by atoms with Gasteiger partial charge in [-0.05, 0) is 68.1 Å². The molecule has 4 heterocycles. The van der Waals surface area contributed by atoms with Gasteiger partial charge in [-0.15, -0.1) is 0 Å². The van der Waals surface area contributed by atoms with E-state index >= 15 is 0 Å². The minimum absolute atomic E-state index is 0.0441. The lowest BCUT2D eigenvalue weighted by molar-refractivity contribution is -0.0910. The summed E-state index contributed by atoms with van der Waals surface area (Å²) in [5.74, 6) is 0.514. The van der Waals surface area contributed by atoms with Crippen LogP contribution in [0.4, 0.5) is 20.4 Å². The van der Waals surface area contributed by atoms with Gasteiger partial charge in [-0.3, -0.25) is 4.79 Å². The van der Waals surface area contributed by atoms with Gasteiger partial charge in [0.25, 0.3) is 12.0 Å². The number of alkyl halides is 2. The van der Waals surface area contributed by atoms with Crippen molar-refractivity contribution in [3.05, 3.63) is 69.8 Å². The van der Waals surface area contributed by atoms with E-state index in [0.717, 1.165) is 45.0 Å². The van der Waals surface area contributed by atoms with Crippen LogP contribution in [-0.2, 0) is 18.6 Å². The number of anilines is 2. The van der Waals surface area contributed by atoms with Crippen molar-refractivity contribution >= 4 is 22.7 Å². The molecule has 4 aromatic rings. The van der Waals surface area contributed by atoms with Crippen LogP contribution in [0.3, 0.4) is 0 Å². The van der Waals surface area contributed by atoms with E-state index in [-0.39, 0.29) is 23.1 Å². The summed E-state index contributed by atoms with van der Waals surface area (Å²) >= 11 is 0. The van der Waals surface area contributed by atoms with Crippen molar-refractivity contribution in [1.82, 2.24) is 29.6 Å². The SMILES string of the molecule is CC(O)(c1cccc(-n2c3nc(Nc4ccc5c(c4)CNCC5)ncc3c(=O)n2C2CC2)n1)C(F)F. The minimum Gasteiger partial charge on any atom is -0.378 e. The van der Waals surface area contributed by atoms with E-state index in [1.165, 1.54) is 29.5 Å². The smallest absolute Gasteiger partial charge is 0.278 e. The molecule has 3 aromatic heterocycles. The number of aromatic nitrogens is 5. The van der Waals surface area contributed by atoms with Gasteiger partial charge in [0.2, 0.25) is 5.95 Å². The van der Waals surface area contributed by atoms with E-state index in [0.29, 0.717) is 17.0 Å². The number of nitrogens with zero attached hydrogens (tertiary/aromatic N) is 5. The molecule has 3 N–H and O–H groups in total. The van der Waals surface area contributed by atoms with E-state index in [2.05, 4.69) is 37.7 Å². The van der Waals surface area contributed by atoms with Crippen molar-refractivity contribution in [2.45, 2.75) is 50.8 Å². The fourth-order valence-electron chi connectivity index (χ4n) is 4.55. The number of hydrogen-bond acceptors (Lipinski definition) is 7. The maximum absolute atomic E-state index is 13.5. The maximum Gasteiger partial charge on any atom is 0.278 e. The number of pyridine rings is 1. The number of benzene rings is 1. The summed E-state index contributed by atoms with van der Waals surface area (Å²) in [5, 5.41) is 17.2. The van der Waals surface area contributed by atoms with Crippen molar-refractivity contribution in [2.24, 2.45) is 0 Å². The number of rotatable bonds is 6. The summed E-state index contributed by atoms with van der Waals surface area (Å²) < 4.78 is 30.1. The predicted molar refractivity (Wildman–Crippen MR) is 130 cm³/mol. The van der Waals surface area contributed by atoms with E-state index in [1.807, 2.05) is 6.07 Å². The zero-order valence-corrected chi connectivity index (χ0v) is 19.6. The minimum atomic E-state index is -3.03. The molecule has 36 heavy (non-hydrogen) atoms. The third-order valence-electron chi connectivity index (χ3n) is 6.76. The van der Waals surface area contributed by atoms with Crippen LogP contribution in [0.15, 0.2) is 47.4 Å². The topological polar surface area (TPSA) is 110 Å². The summed E-state index contributed by atoms with van der Waals surface area (Å²) in [7, 11) is 0. The molecule has 11 heteroatoms. The lowest BCUT2D eigenvalue weighted by Crippen LogP contribution is -2.32. The Balaban J connectivity index is 1.46. The number of aliphatic hydroxyl groups is 1. The van der Waals surface area contributed by atoms with Crippen molar-refractivity contribution in [1.29, 1.82) is 0 Å². The van der Waals surface area contributed by atoms with Gasteiger partial charge in [-0.2, -0.15) is 4.98 Å². The van der Waals surface area contributed by atoms with Crippen LogP contribution in [0, 0.1) is 0 Å². The fourth-order valence-corrected chi connectivity index (χ4v) is 4.55. The monoisotopic (exact) mass is 493 g/mol. The van der Waals surface area contributed by atoms with Crippen LogP contribution in [0.1, 0.15) is 42.6 Å². The zero-order valence-electron chi connectivity index (χ0n) is 19.6. The average Bonchev–Trinajstić information content (AvgIpc) is 3.67. The van der Waals surface area contributed by atoms with Gasteiger partial charge >= 0.3 is 0 Å². The number of halogens is 2. The van der Waals surface area contributed by atoms with Crippen LogP contribution in [0.2, 0.25) is 0 Å². The quantitative estimate of drug-likeness (QED) is 0.379. The lowest BCUT2D eigenvalue weighted by atomic mass is 10.0. The Labute approximate surface area is 204 Å². The molecule has 1 aliphatic carbocycles. The van der Waals surface area contributed by atoms with Crippen molar-refractivity contribution in [3.63, 3.8) is 0 Å². The van der Waals surface area contributed by atoms with Gasteiger partial charge in [0.15, 0.2) is 17.1 Å². The molecular formula is C25H25F2N7O2. The normalized spacial score (nSPS) is 17.2. The molecule has 0 bridgehead atoms. The molecule has 2 aliphatic rings. The Hall–Kier alpha value is -3.70. The molecule has 9 nitrogen and oxygen atoms in total. The Bertz CT molecular complexity index is 1520. The molecule has 1 unspecified atom stereocenters. The molecule has 1 fully saturated rings. The largest absolute Gasteiger partial charge is 0.378 e. The summed E-state index contributed by atoms with van der Waals surface area (Å²) in [4.78, 5) is 26.6. The highest BCUT2D eigenvalue weighted by Crippen LogP contribution is 2.36. The first-order valence-corrected chi connectivity index (χ1v) is 11.9. The Morgan fingerprint density at radius 2 is 2.03 bits per heavy atom. The summed E-state index contributed by atoms with van der Waals surface area (Å²) in [6, 6.07) is 10.5. The molecular weight excluding hydrogens is 468 g/mol. The van der Waals surface area contributed by atoms with Gasteiger partial charge in [0.05, 0.1) is 11.7 Å². The lowest BCUT2D eigenvalue weighted by Gasteiger charge is -2.22. The maximum atomic E-state index is 13.5. The molecule has 6 rings (SSSR count). The molecule has 1 atom stereocenters. The molecule has 0 radical (unpaired) electrons. The van der Waals surface area contributed by atoms with Gasteiger partial charge in [0.1, 0.15) is 5.39 Å². The van der Waals surface area contributed by atoms with Crippen LogP contribution in [0.25, 0.3) is 16.9 Å². The number of hydrogen-bond donors (Lipinski definition) is 3. The predicted octanol–water partition coefficient (Wildman–Crippen LogP) is 3.17. The average molecular weight is 494 g/mol. The molecule has 1 saturated carbocycles. The van der Waals surface area contributed by atoms with Gasteiger partial charge in [0, 0.05) is 18.4 Å². The van der Waals surface area contributed by atoms with E-state index in [4.69, 9.17) is 0 Å². The molecule has 1 aromatic carbocycles. The first kappa shape index (κ1) is 22.7. The standard InChI is InChI=1S/C25H25F2N7O2/c1-25(36,23(26)27)19-3-2-4-20(31-19)34-21-18(22(35)33(34)17-7-8-17)13-29-24(32-21)30-16-6-5-14-9-10-28-12-15(14)11-16/h2-6,11,13,17,23,28,36H,7-10,12H2,1H3,(H,29,30,32). The highest BCUT2D eigenvalue weighted by molar-refractivity contribution is 5.77. The Morgan fingerprint density at radius 1 is 1.19 bits per heavy atom. The second-order valence-corrected chi connectivity index (χ2v) is 9.49. The molecule has 0 amide bonds. The van der Waals surface area contributed by atoms with Gasteiger partial charge in [-0.25, -0.2) is 28.1 Å². The molecule has 0 spiro atoms. The third kappa shape index (κ3) is 3.84. The van der Waals surface area contributed by atoms with Crippen LogP contribution in [-0.4, -0.2) is 42.4 Å². The first-order chi connectivity index (χ1) is 17.3. The van der Waals surface area contributed by atoms with E-state index < -0.39 is 12.0 Å². The van der Waals surface area contributed by atoms with Gasteiger partial charge < -0.3 is 15.7 Å². The first-order valence-electron chi connectivity index (χ1n) is 11.9. The summed E-state index contributed by atoms with van der Waals surface area (Å²) in [6.45, 7) is 2.76. The van der Waals surface area contributed by atoms with Crippen molar-refractivity contribution in [2.75, 3.05) is 11.9 Å². The van der Waals surface area contributed by atoms with E-state index in [1.54, 1.807) is 15.4 Å². The van der Waals surface area contributed by atoms with Crippen LogP contribution < -0.4 is 16.2 Å². The third-order valence-corrected chi connectivity index (χ3v) is 6.76. The Morgan fingerprint density at radius 3 is 2.81 bits per heavy atom. The van der Waals surface area contributed by atoms with Crippen molar-refractivity contribution in [3.8, 4) is 5.82 Å². The van der Waals surface area contributed by atoms with Crippen molar-refractivity contribution < 1.29 is 13.9 Å². The second-order valence-electron chi connectivity index (χ2n) is 9.49. The fraction of sp³-hybridized carbons (Fsp3) is 0.360. The van der Waals surface area contributed by atoms with Crippen LogP contribution in [0.5, 0.6) is 0 Å². The van der Waals surface area contributed by atoms with Crippen LogP contribution >= 0.6 is 0 Å². The number of fused-ring (bicyclic) bond motifs is 2. The highest BCUT2D eigenvalue weighted by atomic mass is 19.3.